The van der Waals surface area contributed by atoms with E-state index in [1.54, 1.807) is 73.7 Å². The molecule has 10 heteroatoms. The van der Waals surface area contributed by atoms with Gasteiger partial charge >= 0.3 is 0 Å². The molecule has 3 N–H and O–H groups in total. The molecule has 0 bridgehead atoms. The number of amides is 3. The zero-order valence-corrected chi connectivity index (χ0v) is 24.0. The number of carbonyl (C=O) groups is 3. The topological polar surface area (TPSA) is 100 Å². The van der Waals surface area contributed by atoms with Gasteiger partial charge in [-0.2, -0.15) is 0 Å². The van der Waals surface area contributed by atoms with Gasteiger partial charge in [0.15, 0.2) is 5.13 Å². The molecule has 0 spiro atoms. The molecule has 1 unspecified atom stereocenters. The number of nitrogens with one attached hydrogen (secondary N) is 3. The lowest BCUT2D eigenvalue weighted by Gasteiger charge is -2.13. The van der Waals surface area contributed by atoms with Gasteiger partial charge in [-0.1, -0.05) is 59.9 Å². The second kappa shape index (κ2) is 13.2. The Morgan fingerprint density at radius 1 is 0.857 bits per heavy atom. The maximum Gasteiger partial charge on any atom is 0.272 e. The molecule has 5 aromatic rings. The van der Waals surface area contributed by atoms with E-state index in [-0.39, 0.29) is 17.2 Å². The van der Waals surface area contributed by atoms with Crippen LogP contribution in [-0.4, -0.2) is 28.0 Å². The average molecular weight is 597 g/mol. The van der Waals surface area contributed by atoms with Gasteiger partial charge in [-0.15, -0.1) is 11.8 Å². The molecule has 0 aliphatic carbocycles. The van der Waals surface area contributed by atoms with E-state index >= 15 is 0 Å². The molecule has 0 saturated heterocycles. The third kappa shape index (κ3) is 7.28. The van der Waals surface area contributed by atoms with E-state index in [9.17, 15) is 18.8 Å². The lowest BCUT2D eigenvalue weighted by Crippen LogP contribution is -2.30. The summed E-state index contributed by atoms with van der Waals surface area (Å²) < 4.78 is 15.4. The number of halogens is 1. The van der Waals surface area contributed by atoms with E-state index < -0.39 is 22.9 Å². The summed E-state index contributed by atoms with van der Waals surface area (Å²) in [6.07, 6.45) is 1.29. The van der Waals surface area contributed by atoms with E-state index in [1.165, 1.54) is 41.3 Å². The quantitative estimate of drug-likeness (QED) is 0.126. The minimum Gasteiger partial charge on any atom is -0.321 e. The lowest BCUT2D eigenvalue weighted by atomic mass is 10.1. The summed E-state index contributed by atoms with van der Waals surface area (Å²) in [7, 11) is 0. The Labute approximate surface area is 249 Å². The van der Waals surface area contributed by atoms with Gasteiger partial charge in [0, 0.05) is 21.7 Å². The maximum atomic E-state index is 14.4. The molecule has 4 aromatic carbocycles. The highest BCUT2D eigenvalue weighted by Crippen LogP contribution is 2.28. The molecule has 0 aliphatic heterocycles. The third-order valence-electron chi connectivity index (χ3n) is 6.05. The maximum absolute atomic E-state index is 14.4. The van der Waals surface area contributed by atoms with Crippen LogP contribution >= 0.6 is 23.1 Å². The molecule has 1 aromatic heterocycles. The number of rotatable bonds is 9. The predicted molar refractivity (Wildman–Crippen MR) is 167 cm³/mol. The van der Waals surface area contributed by atoms with E-state index in [2.05, 4.69) is 20.9 Å². The summed E-state index contributed by atoms with van der Waals surface area (Å²) in [5.74, 6) is -1.82. The number of para-hydroxylation sites is 1. The van der Waals surface area contributed by atoms with Crippen molar-refractivity contribution in [1.29, 1.82) is 0 Å². The Hall–Kier alpha value is -4.80. The van der Waals surface area contributed by atoms with Gasteiger partial charge in [0.2, 0.25) is 5.91 Å². The van der Waals surface area contributed by atoms with Crippen molar-refractivity contribution in [2.45, 2.75) is 17.1 Å². The largest absolute Gasteiger partial charge is 0.321 e. The summed E-state index contributed by atoms with van der Waals surface area (Å²) in [5.41, 5.74) is 1.69. The zero-order chi connectivity index (χ0) is 29.5. The molecular weight excluding hydrogens is 572 g/mol. The van der Waals surface area contributed by atoms with Gasteiger partial charge in [0.25, 0.3) is 11.8 Å². The summed E-state index contributed by atoms with van der Waals surface area (Å²) in [6.45, 7) is 1.80. The van der Waals surface area contributed by atoms with Crippen LogP contribution in [0.2, 0.25) is 0 Å². The van der Waals surface area contributed by atoms with Crippen LogP contribution < -0.4 is 16.0 Å². The molecule has 7 nitrogen and oxygen atoms in total. The van der Waals surface area contributed by atoms with Crippen LogP contribution in [0.25, 0.3) is 16.3 Å². The van der Waals surface area contributed by atoms with Crippen LogP contribution in [0.4, 0.5) is 15.2 Å². The fourth-order valence-electron chi connectivity index (χ4n) is 3.90. The Kier molecular flexibility index (Phi) is 9.05. The van der Waals surface area contributed by atoms with Crippen LogP contribution in [0.1, 0.15) is 22.8 Å². The van der Waals surface area contributed by atoms with Crippen LogP contribution in [0.5, 0.6) is 0 Å². The first kappa shape index (κ1) is 28.7. The molecule has 1 heterocycles. The number of aromatic nitrogens is 1. The van der Waals surface area contributed by atoms with Crippen molar-refractivity contribution in [1.82, 2.24) is 10.3 Å². The van der Waals surface area contributed by atoms with E-state index in [0.717, 1.165) is 15.1 Å². The molecule has 42 heavy (non-hydrogen) atoms. The number of nitrogens with zero attached hydrogens (tertiary/aromatic N) is 1. The Morgan fingerprint density at radius 2 is 1.55 bits per heavy atom. The molecule has 0 radical (unpaired) electrons. The molecular formula is C32H25FN4O3S2. The lowest BCUT2D eigenvalue weighted by molar-refractivity contribution is -0.115. The van der Waals surface area contributed by atoms with Gasteiger partial charge in [0.05, 0.1) is 15.5 Å². The summed E-state index contributed by atoms with van der Waals surface area (Å²) in [6, 6.07) is 29.0. The second-order valence-corrected chi connectivity index (χ2v) is 11.6. The van der Waals surface area contributed by atoms with Gasteiger partial charge in [-0.3, -0.25) is 14.4 Å². The molecule has 0 fully saturated rings. The predicted octanol–water partition coefficient (Wildman–Crippen LogP) is 6.96. The molecule has 1 atom stereocenters. The second-order valence-electron chi connectivity index (χ2n) is 9.11. The smallest absolute Gasteiger partial charge is 0.272 e. The number of benzene rings is 4. The van der Waals surface area contributed by atoms with E-state index in [4.69, 9.17) is 0 Å². The first-order chi connectivity index (χ1) is 20.4. The fourth-order valence-corrected chi connectivity index (χ4v) is 5.63. The Balaban J connectivity index is 1.24. The number of thiazole rings is 1. The number of carbonyl (C=O) groups excluding carboxylic acids is 3. The van der Waals surface area contributed by atoms with Crippen molar-refractivity contribution in [2.75, 3.05) is 10.6 Å². The van der Waals surface area contributed by atoms with Crippen LogP contribution in [0.3, 0.4) is 0 Å². The monoisotopic (exact) mass is 596 g/mol. The Morgan fingerprint density at radius 3 is 2.29 bits per heavy atom. The summed E-state index contributed by atoms with van der Waals surface area (Å²) in [5, 5.41) is 8.37. The highest BCUT2D eigenvalue weighted by Gasteiger charge is 2.18. The molecule has 3 amide bonds. The summed E-state index contributed by atoms with van der Waals surface area (Å²) >= 11 is 2.78. The Bertz CT molecular complexity index is 1740. The fraction of sp³-hybridized carbons (Fsp3) is 0.0625. The number of hydrogen-bond donors (Lipinski definition) is 3. The van der Waals surface area contributed by atoms with Crippen molar-refractivity contribution >= 4 is 67.9 Å². The first-order valence-electron chi connectivity index (χ1n) is 12.9. The van der Waals surface area contributed by atoms with Crippen molar-refractivity contribution < 1.29 is 18.8 Å². The first-order valence-corrected chi connectivity index (χ1v) is 14.6. The molecule has 5 rings (SSSR count). The summed E-state index contributed by atoms with van der Waals surface area (Å²) in [4.78, 5) is 44.0. The standard InChI is InChI=1S/C32H25FN4O3S2/c1-20(29(38)37-32-36-26-13-7-8-14-28(26)42-32)41-24-17-15-23(16-18-24)34-31(40)27(19-22-11-5-6-12-25(22)33)35-30(39)21-9-3-2-4-10-21/h2-20H,1H3,(H,34,40)(H,35,39)(H,36,37,38)/b27-19-. The minimum absolute atomic E-state index is 0.118. The van der Waals surface area contributed by atoms with Crippen molar-refractivity contribution in [3.63, 3.8) is 0 Å². The van der Waals surface area contributed by atoms with E-state index in [1.807, 2.05) is 24.3 Å². The minimum atomic E-state index is -0.619. The average Bonchev–Trinajstić information content (AvgIpc) is 3.41. The molecule has 0 saturated carbocycles. The van der Waals surface area contributed by atoms with E-state index in [0.29, 0.717) is 16.4 Å². The van der Waals surface area contributed by atoms with Gasteiger partial charge < -0.3 is 16.0 Å². The van der Waals surface area contributed by atoms with Gasteiger partial charge in [-0.05, 0) is 67.6 Å². The number of thioether (sulfide) groups is 1. The molecule has 0 aliphatic rings. The highest BCUT2D eigenvalue weighted by atomic mass is 32.2. The van der Waals surface area contributed by atoms with Crippen LogP contribution in [-0.2, 0) is 9.59 Å². The van der Waals surface area contributed by atoms with Gasteiger partial charge in [-0.25, -0.2) is 9.37 Å². The van der Waals surface area contributed by atoms with Crippen LogP contribution in [0, 0.1) is 5.82 Å². The van der Waals surface area contributed by atoms with Gasteiger partial charge in [0.1, 0.15) is 11.5 Å². The number of fused-ring (bicyclic) bond motifs is 1. The number of hydrogen-bond acceptors (Lipinski definition) is 6. The number of anilines is 2. The van der Waals surface area contributed by atoms with Crippen molar-refractivity contribution in [2.24, 2.45) is 0 Å². The molecule has 210 valence electrons. The van der Waals surface area contributed by atoms with Crippen LogP contribution in [0.15, 0.2) is 114 Å². The van der Waals surface area contributed by atoms with Crippen molar-refractivity contribution in [3.05, 3.63) is 126 Å². The zero-order valence-electron chi connectivity index (χ0n) is 22.3. The van der Waals surface area contributed by atoms with Crippen molar-refractivity contribution in [3.8, 4) is 0 Å². The normalized spacial score (nSPS) is 12.0. The SMILES string of the molecule is CC(Sc1ccc(NC(=O)/C(=C/c2ccccc2F)NC(=O)c2ccccc2)cc1)C(=O)Nc1nc2ccccc2s1. The third-order valence-corrected chi connectivity index (χ3v) is 8.12. The highest BCUT2D eigenvalue weighted by molar-refractivity contribution is 8.00.